The highest BCUT2D eigenvalue weighted by molar-refractivity contribution is 5.40. The Morgan fingerprint density at radius 2 is 2.21 bits per heavy atom. The summed E-state index contributed by atoms with van der Waals surface area (Å²) in [6, 6.07) is 7.32. The average molecular weight is 259 g/mol. The van der Waals surface area contributed by atoms with Gasteiger partial charge >= 0.3 is 0 Å². The molecule has 1 aromatic heterocycles. The topological polar surface area (TPSA) is 62.3 Å². The van der Waals surface area contributed by atoms with Crippen molar-refractivity contribution in [3.63, 3.8) is 0 Å². The molecule has 5 nitrogen and oxygen atoms in total. The van der Waals surface area contributed by atoms with Crippen LogP contribution in [0.15, 0.2) is 36.7 Å². The summed E-state index contributed by atoms with van der Waals surface area (Å²) in [6.07, 6.45) is 3.46. The minimum atomic E-state index is -0.302. The van der Waals surface area contributed by atoms with E-state index in [-0.39, 0.29) is 12.1 Å². The fourth-order valence-corrected chi connectivity index (χ4v) is 2.26. The molecule has 1 aromatic carbocycles. The van der Waals surface area contributed by atoms with Gasteiger partial charge < -0.3 is 19.8 Å². The first-order valence-electron chi connectivity index (χ1n) is 6.44. The lowest BCUT2D eigenvalue weighted by Crippen LogP contribution is -2.40. The van der Waals surface area contributed by atoms with Crippen LogP contribution in [0.4, 0.5) is 0 Å². The summed E-state index contributed by atoms with van der Waals surface area (Å²) in [6.45, 7) is 3.34. The first kappa shape index (κ1) is 12.0. The average Bonchev–Trinajstić information content (AvgIpc) is 2.94. The SMILES string of the molecule is CCn1ccnc1C(N)C1COc2ccccc2O1. The van der Waals surface area contributed by atoms with Gasteiger partial charge in [-0.05, 0) is 19.1 Å². The number of hydrogen-bond acceptors (Lipinski definition) is 4. The van der Waals surface area contributed by atoms with Crippen LogP contribution in [0.3, 0.4) is 0 Å². The standard InChI is InChI=1S/C14H17N3O2/c1-2-17-8-7-16-14(17)13(15)12-9-18-10-5-3-4-6-11(10)19-12/h3-8,12-13H,2,9,15H2,1H3. The molecule has 1 aliphatic rings. The number of para-hydroxylation sites is 2. The zero-order valence-corrected chi connectivity index (χ0v) is 10.8. The molecule has 0 amide bonds. The Labute approximate surface area is 112 Å². The van der Waals surface area contributed by atoms with Gasteiger partial charge in [-0.1, -0.05) is 12.1 Å². The molecular weight excluding hydrogens is 242 g/mol. The van der Waals surface area contributed by atoms with E-state index in [1.807, 2.05) is 35.0 Å². The lowest BCUT2D eigenvalue weighted by Gasteiger charge is -2.30. The summed E-state index contributed by atoms with van der Waals surface area (Å²) in [4.78, 5) is 4.32. The van der Waals surface area contributed by atoms with Gasteiger partial charge in [-0.3, -0.25) is 0 Å². The number of benzene rings is 1. The smallest absolute Gasteiger partial charge is 0.161 e. The van der Waals surface area contributed by atoms with Crippen LogP contribution in [0.2, 0.25) is 0 Å². The molecule has 1 aliphatic heterocycles. The Bertz CT molecular complexity index is 567. The Balaban J connectivity index is 1.81. The predicted molar refractivity (Wildman–Crippen MR) is 71.2 cm³/mol. The molecule has 2 aromatic rings. The lowest BCUT2D eigenvalue weighted by atomic mass is 10.1. The van der Waals surface area contributed by atoms with Gasteiger partial charge in [0.05, 0.1) is 0 Å². The van der Waals surface area contributed by atoms with Crippen molar-refractivity contribution in [2.75, 3.05) is 6.61 Å². The van der Waals surface area contributed by atoms with E-state index in [0.29, 0.717) is 6.61 Å². The van der Waals surface area contributed by atoms with E-state index in [0.717, 1.165) is 23.9 Å². The predicted octanol–water partition coefficient (Wildman–Crippen LogP) is 1.74. The van der Waals surface area contributed by atoms with Crippen LogP contribution in [0.5, 0.6) is 11.5 Å². The Morgan fingerprint density at radius 3 is 3.00 bits per heavy atom. The van der Waals surface area contributed by atoms with Gasteiger partial charge in [0.25, 0.3) is 0 Å². The molecule has 0 fully saturated rings. The van der Waals surface area contributed by atoms with Crippen LogP contribution < -0.4 is 15.2 Å². The molecule has 19 heavy (non-hydrogen) atoms. The fraction of sp³-hybridized carbons (Fsp3) is 0.357. The molecular formula is C14H17N3O2. The highest BCUT2D eigenvalue weighted by Gasteiger charge is 2.29. The molecule has 0 saturated heterocycles. The van der Waals surface area contributed by atoms with E-state index < -0.39 is 0 Å². The van der Waals surface area contributed by atoms with Gasteiger partial charge in [0, 0.05) is 18.9 Å². The minimum absolute atomic E-state index is 0.220. The van der Waals surface area contributed by atoms with E-state index >= 15 is 0 Å². The molecule has 0 bridgehead atoms. The maximum absolute atomic E-state index is 6.26. The number of imidazole rings is 1. The zero-order chi connectivity index (χ0) is 13.2. The van der Waals surface area contributed by atoms with Crippen LogP contribution >= 0.6 is 0 Å². The second kappa shape index (κ2) is 4.93. The van der Waals surface area contributed by atoms with Gasteiger partial charge in [-0.15, -0.1) is 0 Å². The van der Waals surface area contributed by atoms with Crippen molar-refractivity contribution < 1.29 is 9.47 Å². The van der Waals surface area contributed by atoms with Gasteiger partial charge in [-0.2, -0.15) is 0 Å². The minimum Gasteiger partial charge on any atom is -0.486 e. The summed E-state index contributed by atoms with van der Waals surface area (Å²) >= 11 is 0. The third kappa shape index (κ3) is 2.17. The maximum atomic E-state index is 6.26. The highest BCUT2D eigenvalue weighted by Crippen LogP contribution is 2.33. The molecule has 2 heterocycles. The van der Waals surface area contributed by atoms with Crippen molar-refractivity contribution in [2.45, 2.75) is 25.6 Å². The van der Waals surface area contributed by atoms with Crippen LogP contribution in [0.1, 0.15) is 18.8 Å². The lowest BCUT2D eigenvalue weighted by molar-refractivity contribution is 0.0692. The number of aryl methyl sites for hydroxylation is 1. The molecule has 0 radical (unpaired) electrons. The summed E-state index contributed by atoms with van der Waals surface area (Å²) < 4.78 is 13.6. The Kier molecular flexibility index (Phi) is 3.13. The summed E-state index contributed by atoms with van der Waals surface area (Å²) in [5.74, 6) is 2.34. The van der Waals surface area contributed by atoms with E-state index in [2.05, 4.69) is 11.9 Å². The normalized spacial score (nSPS) is 19.2. The summed E-state index contributed by atoms with van der Waals surface area (Å²) in [5, 5.41) is 0. The Morgan fingerprint density at radius 1 is 1.42 bits per heavy atom. The van der Waals surface area contributed by atoms with Crippen LogP contribution in [-0.4, -0.2) is 22.3 Å². The molecule has 0 saturated carbocycles. The molecule has 2 N–H and O–H groups in total. The molecule has 5 heteroatoms. The molecule has 3 rings (SSSR count). The number of fused-ring (bicyclic) bond motifs is 1. The number of hydrogen-bond donors (Lipinski definition) is 1. The second-order valence-corrected chi connectivity index (χ2v) is 4.51. The van der Waals surface area contributed by atoms with Crippen molar-refractivity contribution in [3.8, 4) is 11.5 Å². The molecule has 0 aliphatic carbocycles. The quantitative estimate of drug-likeness (QED) is 0.912. The van der Waals surface area contributed by atoms with Gasteiger partial charge in [0.1, 0.15) is 18.5 Å². The number of nitrogens with two attached hydrogens (primary N) is 1. The largest absolute Gasteiger partial charge is 0.486 e. The number of ether oxygens (including phenoxy) is 2. The van der Waals surface area contributed by atoms with Crippen LogP contribution in [0, 0.1) is 0 Å². The van der Waals surface area contributed by atoms with Crippen LogP contribution in [0.25, 0.3) is 0 Å². The number of aromatic nitrogens is 2. The first-order chi connectivity index (χ1) is 9.29. The van der Waals surface area contributed by atoms with Crippen molar-refractivity contribution in [3.05, 3.63) is 42.5 Å². The molecule has 100 valence electrons. The first-order valence-corrected chi connectivity index (χ1v) is 6.44. The Hall–Kier alpha value is -2.01. The van der Waals surface area contributed by atoms with Gasteiger partial charge in [-0.25, -0.2) is 4.98 Å². The van der Waals surface area contributed by atoms with Crippen molar-refractivity contribution in [2.24, 2.45) is 5.73 Å². The number of rotatable bonds is 3. The zero-order valence-electron chi connectivity index (χ0n) is 10.8. The van der Waals surface area contributed by atoms with Gasteiger partial charge in [0.2, 0.25) is 0 Å². The highest BCUT2D eigenvalue weighted by atomic mass is 16.6. The monoisotopic (exact) mass is 259 g/mol. The summed E-state index contributed by atoms with van der Waals surface area (Å²) in [5.41, 5.74) is 6.26. The van der Waals surface area contributed by atoms with E-state index in [9.17, 15) is 0 Å². The third-order valence-electron chi connectivity index (χ3n) is 3.32. The second-order valence-electron chi connectivity index (χ2n) is 4.51. The molecule has 0 spiro atoms. The van der Waals surface area contributed by atoms with Crippen molar-refractivity contribution in [1.82, 2.24) is 9.55 Å². The molecule has 2 unspecified atom stereocenters. The van der Waals surface area contributed by atoms with E-state index in [4.69, 9.17) is 15.2 Å². The van der Waals surface area contributed by atoms with E-state index in [1.54, 1.807) is 6.20 Å². The fourth-order valence-electron chi connectivity index (χ4n) is 2.26. The third-order valence-corrected chi connectivity index (χ3v) is 3.32. The number of nitrogens with zero attached hydrogens (tertiary/aromatic N) is 2. The van der Waals surface area contributed by atoms with Gasteiger partial charge in [0.15, 0.2) is 17.6 Å². The van der Waals surface area contributed by atoms with Crippen molar-refractivity contribution in [1.29, 1.82) is 0 Å². The van der Waals surface area contributed by atoms with E-state index in [1.165, 1.54) is 0 Å². The maximum Gasteiger partial charge on any atom is 0.161 e. The molecule has 2 atom stereocenters. The van der Waals surface area contributed by atoms with Crippen molar-refractivity contribution >= 4 is 0 Å². The summed E-state index contributed by atoms with van der Waals surface area (Å²) in [7, 11) is 0. The van der Waals surface area contributed by atoms with Crippen LogP contribution in [-0.2, 0) is 6.54 Å².